The van der Waals surface area contributed by atoms with E-state index in [1.54, 1.807) is 58.0 Å². The number of aromatic amines is 1. The van der Waals surface area contributed by atoms with Crippen LogP contribution >= 0.6 is 0 Å². The second kappa shape index (κ2) is 41.0. The number of carboxylic acids is 1. The van der Waals surface area contributed by atoms with Gasteiger partial charge in [0, 0.05) is 48.8 Å². The van der Waals surface area contributed by atoms with Gasteiger partial charge in [0.1, 0.15) is 54.4 Å². The van der Waals surface area contributed by atoms with Crippen LogP contribution in [0.15, 0.2) is 47.8 Å². The highest BCUT2D eigenvalue weighted by Crippen LogP contribution is 2.19. The Bertz CT molecular complexity index is 3080. The van der Waals surface area contributed by atoms with Gasteiger partial charge in [0.2, 0.25) is 76.8 Å². The lowest BCUT2D eigenvalue weighted by Crippen LogP contribution is -2.59. The number of carboxylic acid groups (broad SMARTS) is 1. The van der Waals surface area contributed by atoms with Crippen molar-refractivity contribution in [2.24, 2.45) is 39.8 Å². The van der Waals surface area contributed by atoms with Gasteiger partial charge < -0.3 is 102 Å². The Morgan fingerprint density at radius 3 is 1.72 bits per heavy atom. The summed E-state index contributed by atoms with van der Waals surface area (Å²) in [6, 6.07) is -4.53. The predicted molar refractivity (Wildman–Crippen MR) is 342 cm³/mol. The van der Waals surface area contributed by atoms with Gasteiger partial charge in [-0.05, 0) is 88.7 Å². The van der Waals surface area contributed by atoms with E-state index in [4.69, 9.17) is 27.0 Å². The molecule has 95 heavy (non-hydrogen) atoms. The minimum atomic E-state index is -3.16. The molecule has 1 aromatic carbocycles. The minimum absolute atomic E-state index is 0.0111. The summed E-state index contributed by atoms with van der Waals surface area (Å²) >= 11 is 0. The van der Waals surface area contributed by atoms with Crippen LogP contribution in [-0.2, 0) is 80.0 Å². The van der Waals surface area contributed by atoms with Crippen molar-refractivity contribution < 1.29 is 81.4 Å². The molecule has 1 saturated heterocycles. The molecule has 0 radical (unpaired) electrons. The van der Waals surface area contributed by atoms with E-state index >= 15 is 0 Å². The summed E-state index contributed by atoms with van der Waals surface area (Å²) in [6.45, 7) is 2.96. The molecule has 0 aliphatic carbocycles. The zero-order chi connectivity index (χ0) is 73.4. The molecule has 0 unspecified atom stereocenters. The van der Waals surface area contributed by atoms with E-state index in [1.807, 2.05) is 5.32 Å². The van der Waals surface area contributed by atoms with Crippen molar-refractivity contribution in [3.8, 4) is 0 Å². The van der Waals surface area contributed by atoms with Crippen LogP contribution in [0, 0.1) is 11.8 Å². The molecule has 1 aliphatic heterocycles. The molecule has 10 atom stereocenters. The highest BCUT2D eigenvalue weighted by Gasteiger charge is 2.39. The van der Waals surface area contributed by atoms with Gasteiger partial charge in [0.25, 0.3) is 0 Å². The number of imidazole rings is 1. The summed E-state index contributed by atoms with van der Waals surface area (Å²) in [4.78, 5) is 199. The van der Waals surface area contributed by atoms with Crippen LogP contribution in [0.3, 0.4) is 0 Å². The van der Waals surface area contributed by atoms with Crippen molar-refractivity contribution >= 4 is 88.7 Å². The van der Waals surface area contributed by atoms with Gasteiger partial charge in [-0.2, -0.15) is 0 Å². The summed E-state index contributed by atoms with van der Waals surface area (Å²) in [6.07, 6.45) is 1.25. The maximum absolute atomic E-state index is 14.3. The zero-order valence-corrected chi connectivity index (χ0v) is 54.0. The largest absolute Gasteiger partial charge is 0.480 e. The first kappa shape index (κ1) is 74.2. The number of aliphatic hydroxyl groups excluding tert-OH is 1. The number of primary amides is 1. The molecule has 0 spiro atoms. The van der Waals surface area contributed by atoms with Crippen LogP contribution in [0.4, 0.5) is 0 Å². The number of benzene rings is 1. The van der Waals surface area contributed by atoms with Crippen molar-refractivity contribution in [3.05, 3.63) is 54.1 Å². The number of guanidine groups is 1. The lowest BCUT2D eigenvalue weighted by molar-refractivity contribution is -0.142. The Kier molecular flexibility index (Phi) is 32.1. The number of aliphatic carboxylic acids is 1. The molecule has 35 heteroatoms. The Morgan fingerprint density at radius 2 is 1.18 bits per heavy atom. The summed E-state index contributed by atoms with van der Waals surface area (Å²) in [7, 11) is 0. The first-order chi connectivity index (χ1) is 46.1. The SMILES string of the molecule is [2H]C([2H])([2H])C(=O)N[C@H](C(=O)NCC(=O)N1CCC[C@H]1C(=O)N[C@@H](CC(N)=O)C(=O)N[C@@H](CC(C)C)C(=O)N[C@@H](Cc1cnc[nH]1)C(=O)NCC(=O)N[C@@H](CC(C)C)C(=O)N[C@@H](Cc1ccccc1)C(=O)NCC(=O)N[C@@H](CCCN=C(N)N)C(=O)N[C@@H](CCCCN)C(=O)O)[C@@H](C)O. The molecular formula is C60H95N19O16. The number of aliphatic hydroxyl groups is 1. The number of carbonyl (C=O) groups excluding carboxylic acids is 13. The predicted octanol–water partition coefficient (Wildman–Crippen LogP) is -5.95. The van der Waals surface area contributed by atoms with E-state index in [-0.39, 0.29) is 88.7 Å². The fourth-order valence-corrected chi connectivity index (χ4v) is 9.91. The smallest absolute Gasteiger partial charge is 0.326 e. The van der Waals surface area contributed by atoms with E-state index in [0.29, 0.717) is 30.6 Å². The van der Waals surface area contributed by atoms with Gasteiger partial charge in [0.05, 0.1) is 38.5 Å². The second-order valence-electron chi connectivity index (χ2n) is 23.6. The molecule has 35 nitrogen and oxygen atoms in total. The molecule has 3 rings (SSSR count). The highest BCUT2D eigenvalue weighted by atomic mass is 16.4. The third-order valence-corrected chi connectivity index (χ3v) is 14.6. The monoisotopic (exact) mass is 1340 g/mol. The Labute approximate surface area is 554 Å². The number of hydrogen-bond acceptors (Lipinski definition) is 18. The van der Waals surface area contributed by atoms with E-state index < -0.39 is 176 Å². The van der Waals surface area contributed by atoms with Crippen LogP contribution < -0.4 is 81.4 Å². The molecule has 1 aliphatic rings. The Hall–Kier alpha value is -9.80. The number of nitrogens with one attached hydrogen (secondary N) is 12. The number of nitrogens with two attached hydrogens (primary N) is 4. The number of amides is 13. The van der Waals surface area contributed by atoms with Crippen molar-refractivity contribution in [1.29, 1.82) is 0 Å². The van der Waals surface area contributed by atoms with Crippen molar-refractivity contribution in [1.82, 2.24) is 73.4 Å². The normalized spacial score (nSPS) is 16.1. The molecule has 0 saturated carbocycles. The van der Waals surface area contributed by atoms with E-state index in [2.05, 4.69) is 68.1 Å². The van der Waals surface area contributed by atoms with Crippen LogP contribution in [0.1, 0.15) is 121 Å². The molecule has 0 bridgehead atoms. The van der Waals surface area contributed by atoms with Gasteiger partial charge in [-0.15, -0.1) is 0 Å². The average molecular weight is 1340 g/mol. The fraction of sp³-hybridized carbons (Fsp3) is 0.600. The minimum Gasteiger partial charge on any atom is -0.480 e. The summed E-state index contributed by atoms with van der Waals surface area (Å²) in [5, 5.41) is 46.6. The summed E-state index contributed by atoms with van der Waals surface area (Å²) < 4.78 is 21.8. The lowest BCUT2D eigenvalue weighted by atomic mass is 10.0. The number of aromatic nitrogens is 2. The summed E-state index contributed by atoms with van der Waals surface area (Å²) in [5.74, 6) is -14.7. The Balaban J connectivity index is 1.77. The first-order valence-electron chi connectivity index (χ1n) is 32.6. The standard InChI is InChI=1S/C60H95N19O16/c1-32(2)22-40(54(89)76-42(24-36-14-8-7-9-15-36)51(86)67-28-47(83)72-38(17-12-20-66-60(63)64)53(88)74-39(59(94)95)16-10-11-19-61)73-48(84)29-68-52(87)43(25-37-27-65-31-70-37)77-55(90)41(23-33(3)4)75-56(91)44(26-46(62)82)78-57(92)45-18-13-21-79(45)49(85)30-69-58(93)50(34(5)80)71-35(6)81/h7-9,14-15,27,31-34,38-45,50,80H,10-13,16-26,28-30,61H2,1-6H3,(H2,62,82)(H,65,70)(H,67,86)(H,68,87)(H,69,93)(H,71,81)(H,72,83)(H,73,84)(H,74,88)(H,75,91)(H,76,89)(H,77,90)(H,78,92)(H,94,95)(H4,63,64,66)/t34-,38+,39+,40+,41+,42+,43+,44+,45+,50+/m1/s1/i6D3. The number of H-pyrrole nitrogens is 1. The lowest BCUT2D eigenvalue weighted by Gasteiger charge is -2.28. The summed E-state index contributed by atoms with van der Waals surface area (Å²) in [5.41, 5.74) is 22.8. The number of unbranched alkanes of at least 4 members (excludes halogenated alkanes) is 1. The number of rotatable bonds is 42. The van der Waals surface area contributed by atoms with Crippen LogP contribution in [0.25, 0.3) is 0 Å². The molecule has 2 heterocycles. The maximum atomic E-state index is 14.3. The molecular weight excluding hydrogens is 1240 g/mol. The quantitative estimate of drug-likeness (QED) is 0.0167. The third kappa shape index (κ3) is 29.8. The van der Waals surface area contributed by atoms with Gasteiger partial charge in [-0.3, -0.25) is 67.3 Å². The molecule has 2 aromatic rings. The molecule has 22 N–H and O–H groups in total. The number of carbonyl (C=O) groups is 14. The number of hydrogen-bond donors (Lipinski definition) is 18. The Morgan fingerprint density at radius 1 is 0.642 bits per heavy atom. The average Bonchev–Trinajstić information content (AvgIpc) is 1.46. The van der Waals surface area contributed by atoms with E-state index in [9.17, 15) is 77.3 Å². The molecule has 1 fully saturated rings. The number of nitrogens with zero attached hydrogens (tertiary/aromatic N) is 3. The third-order valence-electron chi connectivity index (χ3n) is 14.6. The zero-order valence-electron chi connectivity index (χ0n) is 57.0. The van der Waals surface area contributed by atoms with Gasteiger partial charge in [-0.1, -0.05) is 58.0 Å². The van der Waals surface area contributed by atoms with Crippen LogP contribution in [0.2, 0.25) is 0 Å². The molecule has 526 valence electrons. The van der Waals surface area contributed by atoms with E-state index in [1.165, 1.54) is 12.5 Å². The van der Waals surface area contributed by atoms with Gasteiger partial charge >= 0.3 is 5.97 Å². The van der Waals surface area contributed by atoms with Crippen LogP contribution in [-0.4, -0.2) is 214 Å². The van der Waals surface area contributed by atoms with Crippen molar-refractivity contribution in [3.63, 3.8) is 0 Å². The topological polar surface area (TPSA) is 560 Å². The van der Waals surface area contributed by atoms with Crippen molar-refractivity contribution in [2.45, 2.75) is 179 Å². The second-order valence-corrected chi connectivity index (χ2v) is 23.6. The van der Waals surface area contributed by atoms with E-state index in [0.717, 1.165) is 11.8 Å². The number of likely N-dealkylation sites (tertiary alicyclic amines) is 1. The maximum Gasteiger partial charge on any atom is 0.326 e. The highest BCUT2D eigenvalue weighted by molar-refractivity contribution is 5.99. The van der Waals surface area contributed by atoms with Gasteiger partial charge in [-0.25, -0.2) is 9.78 Å². The van der Waals surface area contributed by atoms with Crippen molar-refractivity contribution in [2.75, 3.05) is 39.3 Å². The van der Waals surface area contributed by atoms with Crippen LogP contribution in [0.5, 0.6) is 0 Å². The molecule has 1 aromatic heterocycles. The first-order valence-corrected chi connectivity index (χ1v) is 31.1. The van der Waals surface area contributed by atoms with Gasteiger partial charge in [0.15, 0.2) is 5.96 Å². The molecule has 13 amide bonds. The fourth-order valence-electron chi connectivity index (χ4n) is 9.91. The number of aliphatic imine (C=N–C) groups is 1.